The Hall–Kier alpha value is -0.200. The van der Waals surface area contributed by atoms with Crippen molar-refractivity contribution >= 4 is 0 Å². The highest BCUT2D eigenvalue weighted by atomic mass is 16.7. The average molecular weight is 220 g/mol. The third-order valence-electron chi connectivity index (χ3n) is 2.54. The van der Waals surface area contributed by atoms with Gasteiger partial charge in [-0.1, -0.05) is 0 Å². The standard InChI is InChI=1S/C10H20O5/c1-12-6-14-5-8-3-9(11)4-10(8)15-7-13-2/h8-11H,3-7H2,1-2H3. The molecule has 0 bridgehead atoms. The highest BCUT2D eigenvalue weighted by Crippen LogP contribution is 2.28. The van der Waals surface area contributed by atoms with E-state index < -0.39 is 0 Å². The summed E-state index contributed by atoms with van der Waals surface area (Å²) in [7, 11) is 3.17. The van der Waals surface area contributed by atoms with Gasteiger partial charge in [0.05, 0.1) is 18.8 Å². The van der Waals surface area contributed by atoms with E-state index >= 15 is 0 Å². The van der Waals surface area contributed by atoms with Crippen molar-refractivity contribution in [2.75, 3.05) is 34.4 Å². The molecule has 1 aliphatic rings. The number of methoxy groups -OCH3 is 2. The molecule has 0 aliphatic heterocycles. The number of aliphatic hydroxyl groups excluding tert-OH is 1. The van der Waals surface area contributed by atoms with Gasteiger partial charge in [0.15, 0.2) is 0 Å². The summed E-state index contributed by atoms with van der Waals surface area (Å²) in [6, 6.07) is 0. The molecule has 0 amide bonds. The molecule has 3 atom stereocenters. The predicted molar refractivity (Wildman–Crippen MR) is 53.3 cm³/mol. The van der Waals surface area contributed by atoms with Crippen LogP contribution in [-0.2, 0) is 18.9 Å². The first-order valence-corrected chi connectivity index (χ1v) is 5.13. The molecule has 0 aromatic heterocycles. The molecule has 0 saturated heterocycles. The molecule has 15 heavy (non-hydrogen) atoms. The highest BCUT2D eigenvalue weighted by Gasteiger charge is 2.34. The third kappa shape index (κ3) is 4.44. The second-order valence-electron chi connectivity index (χ2n) is 3.77. The minimum absolute atomic E-state index is 0.0248. The Bertz CT molecular complexity index is 164. The van der Waals surface area contributed by atoms with Crippen LogP contribution in [0.15, 0.2) is 0 Å². The van der Waals surface area contributed by atoms with Crippen LogP contribution in [0.1, 0.15) is 12.8 Å². The summed E-state index contributed by atoms with van der Waals surface area (Å²) < 4.78 is 20.4. The molecule has 3 unspecified atom stereocenters. The summed E-state index contributed by atoms with van der Waals surface area (Å²) in [5.41, 5.74) is 0. The fraction of sp³-hybridized carbons (Fsp3) is 1.00. The third-order valence-corrected chi connectivity index (χ3v) is 2.54. The Morgan fingerprint density at radius 1 is 1.13 bits per heavy atom. The van der Waals surface area contributed by atoms with Crippen molar-refractivity contribution in [3.8, 4) is 0 Å². The van der Waals surface area contributed by atoms with Crippen LogP contribution in [-0.4, -0.2) is 51.7 Å². The van der Waals surface area contributed by atoms with Crippen molar-refractivity contribution in [1.82, 2.24) is 0 Å². The van der Waals surface area contributed by atoms with E-state index in [0.717, 1.165) is 6.42 Å². The monoisotopic (exact) mass is 220 g/mol. The fourth-order valence-corrected chi connectivity index (χ4v) is 1.88. The summed E-state index contributed by atoms with van der Waals surface area (Å²) in [4.78, 5) is 0. The van der Waals surface area contributed by atoms with Crippen LogP contribution in [0.4, 0.5) is 0 Å². The summed E-state index contributed by atoms with van der Waals surface area (Å²) in [6.45, 7) is 1.10. The van der Waals surface area contributed by atoms with Crippen LogP contribution >= 0.6 is 0 Å². The summed E-state index contributed by atoms with van der Waals surface area (Å²) in [6.07, 6.45) is 1.11. The molecule has 5 nitrogen and oxygen atoms in total. The zero-order valence-electron chi connectivity index (χ0n) is 9.35. The predicted octanol–water partition coefficient (Wildman–Crippen LogP) is 0.367. The van der Waals surface area contributed by atoms with Crippen LogP contribution in [0.5, 0.6) is 0 Å². The van der Waals surface area contributed by atoms with E-state index in [9.17, 15) is 5.11 Å². The van der Waals surface area contributed by atoms with Gasteiger partial charge in [0.1, 0.15) is 13.6 Å². The van der Waals surface area contributed by atoms with Crippen LogP contribution in [0, 0.1) is 5.92 Å². The van der Waals surface area contributed by atoms with Crippen LogP contribution in [0.25, 0.3) is 0 Å². The lowest BCUT2D eigenvalue weighted by atomic mass is 10.1. The molecule has 0 aromatic rings. The van der Waals surface area contributed by atoms with E-state index in [-0.39, 0.29) is 31.7 Å². The van der Waals surface area contributed by atoms with E-state index in [1.165, 1.54) is 0 Å². The van der Waals surface area contributed by atoms with Gasteiger partial charge in [-0.2, -0.15) is 0 Å². The molecule has 5 heteroatoms. The van der Waals surface area contributed by atoms with Gasteiger partial charge in [-0.05, 0) is 12.8 Å². The van der Waals surface area contributed by atoms with Gasteiger partial charge in [0.2, 0.25) is 0 Å². The maximum Gasteiger partial charge on any atom is 0.146 e. The molecule has 90 valence electrons. The topological polar surface area (TPSA) is 57.2 Å². The van der Waals surface area contributed by atoms with Crippen molar-refractivity contribution in [1.29, 1.82) is 0 Å². The quantitative estimate of drug-likeness (QED) is 0.496. The van der Waals surface area contributed by atoms with Gasteiger partial charge in [-0.15, -0.1) is 0 Å². The maximum atomic E-state index is 9.52. The Kier molecular flexibility index (Phi) is 6.12. The van der Waals surface area contributed by atoms with Crippen LogP contribution in [0.2, 0.25) is 0 Å². The minimum Gasteiger partial charge on any atom is -0.393 e. The summed E-state index contributed by atoms with van der Waals surface area (Å²) in [5, 5.41) is 9.52. The molecular weight excluding hydrogens is 200 g/mol. The van der Waals surface area contributed by atoms with Crippen LogP contribution in [0.3, 0.4) is 0 Å². The first kappa shape index (κ1) is 12.9. The molecule has 1 aliphatic carbocycles. The van der Waals surface area contributed by atoms with E-state index in [1.807, 2.05) is 0 Å². The van der Waals surface area contributed by atoms with Gasteiger partial charge in [0.25, 0.3) is 0 Å². The Balaban J connectivity index is 2.25. The lowest BCUT2D eigenvalue weighted by molar-refractivity contribution is -0.106. The number of ether oxygens (including phenoxy) is 4. The molecule has 1 fully saturated rings. The Morgan fingerprint density at radius 3 is 2.53 bits per heavy atom. The number of hydrogen-bond acceptors (Lipinski definition) is 5. The SMILES string of the molecule is COCOCC1CC(O)CC1OCOC. The number of hydrogen-bond donors (Lipinski definition) is 1. The van der Waals surface area contributed by atoms with E-state index in [0.29, 0.717) is 13.0 Å². The summed E-state index contributed by atoms with van der Waals surface area (Å²) >= 11 is 0. The van der Waals surface area contributed by atoms with Crippen molar-refractivity contribution < 1.29 is 24.1 Å². The number of aliphatic hydroxyl groups is 1. The highest BCUT2D eigenvalue weighted by molar-refractivity contribution is 4.83. The Labute approximate surface area is 90.3 Å². The molecule has 1 rings (SSSR count). The van der Waals surface area contributed by atoms with Crippen molar-refractivity contribution in [2.24, 2.45) is 5.92 Å². The second-order valence-corrected chi connectivity index (χ2v) is 3.77. The molecule has 0 heterocycles. The maximum absolute atomic E-state index is 9.52. The van der Waals surface area contributed by atoms with Gasteiger partial charge >= 0.3 is 0 Å². The summed E-state index contributed by atoms with van der Waals surface area (Å²) in [5.74, 6) is 0.227. The molecule has 1 N–H and O–H groups in total. The average Bonchev–Trinajstić information content (AvgIpc) is 2.56. The van der Waals surface area contributed by atoms with E-state index in [1.54, 1.807) is 14.2 Å². The van der Waals surface area contributed by atoms with Gasteiger partial charge in [-0.3, -0.25) is 0 Å². The molecule has 1 saturated carbocycles. The van der Waals surface area contributed by atoms with Gasteiger partial charge in [0, 0.05) is 20.1 Å². The van der Waals surface area contributed by atoms with Gasteiger partial charge < -0.3 is 24.1 Å². The smallest absolute Gasteiger partial charge is 0.146 e. The van der Waals surface area contributed by atoms with Crippen molar-refractivity contribution in [3.05, 3.63) is 0 Å². The first-order valence-electron chi connectivity index (χ1n) is 5.13. The largest absolute Gasteiger partial charge is 0.393 e. The lowest BCUT2D eigenvalue weighted by Gasteiger charge is -2.19. The number of rotatable bonds is 7. The van der Waals surface area contributed by atoms with Crippen LogP contribution < -0.4 is 0 Å². The minimum atomic E-state index is -0.289. The van der Waals surface area contributed by atoms with E-state index in [4.69, 9.17) is 18.9 Å². The molecular formula is C10H20O5. The first-order chi connectivity index (χ1) is 7.27. The normalized spacial score (nSPS) is 31.0. The fourth-order valence-electron chi connectivity index (χ4n) is 1.88. The lowest BCUT2D eigenvalue weighted by Crippen LogP contribution is -2.23. The zero-order valence-corrected chi connectivity index (χ0v) is 9.35. The molecule has 0 spiro atoms. The van der Waals surface area contributed by atoms with E-state index in [2.05, 4.69) is 0 Å². The van der Waals surface area contributed by atoms with Crippen molar-refractivity contribution in [3.63, 3.8) is 0 Å². The molecule has 0 radical (unpaired) electrons. The van der Waals surface area contributed by atoms with Gasteiger partial charge in [-0.25, -0.2) is 0 Å². The second kappa shape index (κ2) is 7.14. The van der Waals surface area contributed by atoms with Crippen molar-refractivity contribution in [2.45, 2.75) is 25.0 Å². The molecule has 0 aromatic carbocycles. The Morgan fingerprint density at radius 2 is 1.87 bits per heavy atom. The zero-order chi connectivity index (χ0) is 11.1.